The highest BCUT2D eigenvalue weighted by Gasteiger charge is 2.31. The van der Waals surface area contributed by atoms with Gasteiger partial charge in [-0.25, -0.2) is 4.98 Å². The Hall–Kier alpha value is -3.42. The molecule has 1 heterocycles. The molecule has 2 aromatic carbocycles. The number of ether oxygens (including phenoxy) is 1. The summed E-state index contributed by atoms with van der Waals surface area (Å²) < 4.78 is 40.9. The van der Waals surface area contributed by atoms with Gasteiger partial charge in [0.2, 0.25) is 0 Å². The number of anilines is 1. The Bertz CT molecular complexity index is 1080. The molecule has 0 aliphatic heterocycles. The second kappa shape index (κ2) is 8.30. The third-order valence-corrected chi connectivity index (χ3v) is 4.54. The van der Waals surface area contributed by atoms with Gasteiger partial charge >= 0.3 is 6.36 Å². The molecule has 1 amide bonds. The number of nitrogens with zero attached hydrogens (tertiary/aromatic N) is 2. The van der Waals surface area contributed by atoms with Crippen molar-refractivity contribution in [2.75, 3.05) is 5.32 Å². The van der Waals surface area contributed by atoms with Gasteiger partial charge in [0.05, 0.1) is 11.6 Å². The van der Waals surface area contributed by atoms with Crippen LogP contribution in [0.3, 0.4) is 0 Å². The van der Waals surface area contributed by atoms with Gasteiger partial charge in [-0.05, 0) is 35.9 Å². The number of aliphatic hydroxyl groups is 1. The van der Waals surface area contributed by atoms with E-state index in [0.29, 0.717) is 11.3 Å². The lowest BCUT2D eigenvalue weighted by Gasteiger charge is -2.12. The van der Waals surface area contributed by atoms with E-state index in [1.165, 1.54) is 23.6 Å². The van der Waals surface area contributed by atoms with Crippen LogP contribution in [0.15, 0.2) is 53.9 Å². The zero-order valence-corrected chi connectivity index (χ0v) is 15.3. The first kappa shape index (κ1) is 20.3. The average molecular weight is 419 g/mol. The number of nitrogens with one attached hydrogen (secondary N) is 1. The summed E-state index contributed by atoms with van der Waals surface area (Å²) >= 11 is 0.981. The summed E-state index contributed by atoms with van der Waals surface area (Å²) in [5.41, 5.74) is 0.934. The first-order valence-electron chi connectivity index (χ1n) is 8.06. The molecule has 6 nitrogen and oxygen atoms in total. The van der Waals surface area contributed by atoms with E-state index in [0.717, 1.165) is 23.5 Å². The molecular weight excluding hydrogens is 407 g/mol. The molecule has 3 rings (SSSR count). The highest BCUT2D eigenvalue weighted by atomic mass is 32.1. The van der Waals surface area contributed by atoms with E-state index >= 15 is 0 Å². The number of aromatic nitrogens is 1. The molecule has 0 bridgehead atoms. The minimum Gasteiger partial charge on any atom is -0.406 e. The molecule has 1 aromatic heterocycles. The van der Waals surface area contributed by atoms with Crippen LogP contribution in [0.1, 0.15) is 32.7 Å². The van der Waals surface area contributed by atoms with E-state index < -0.39 is 24.1 Å². The summed E-state index contributed by atoms with van der Waals surface area (Å²) in [6.07, 6.45) is -6.18. The minimum atomic E-state index is -4.85. The fourth-order valence-corrected chi connectivity index (χ4v) is 3.21. The first-order valence-corrected chi connectivity index (χ1v) is 8.94. The topological polar surface area (TPSA) is 95.2 Å². The van der Waals surface area contributed by atoms with Crippen LogP contribution >= 0.6 is 11.3 Å². The van der Waals surface area contributed by atoms with Gasteiger partial charge < -0.3 is 15.2 Å². The fraction of sp³-hybridized carbons (Fsp3) is 0.105. The molecule has 1 unspecified atom stereocenters. The van der Waals surface area contributed by atoms with Gasteiger partial charge in [-0.1, -0.05) is 18.2 Å². The molecule has 3 aromatic rings. The number of aliphatic hydroxyl groups excluding tert-OH is 1. The number of amides is 1. The molecule has 0 saturated carbocycles. The maximum atomic E-state index is 12.4. The zero-order valence-electron chi connectivity index (χ0n) is 14.5. The number of nitriles is 1. The van der Waals surface area contributed by atoms with Crippen molar-refractivity contribution >= 4 is 22.9 Å². The van der Waals surface area contributed by atoms with Crippen molar-refractivity contribution in [1.29, 1.82) is 5.26 Å². The van der Waals surface area contributed by atoms with E-state index in [9.17, 15) is 23.1 Å². The molecule has 148 valence electrons. The van der Waals surface area contributed by atoms with Crippen molar-refractivity contribution < 1.29 is 27.8 Å². The Kier molecular flexibility index (Phi) is 5.81. The normalized spacial score (nSPS) is 12.1. The smallest absolute Gasteiger partial charge is 0.406 e. The maximum absolute atomic E-state index is 12.4. The Morgan fingerprint density at radius 1 is 1.24 bits per heavy atom. The molecule has 0 fully saturated rings. The number of thiazole rings is 1. The number of benzene rings is 2. The van der Waals surface area contributed by atoms with Crippen molar-refractivity contribution in [3.8, 4) is 11.8 Å². The molecule has 0 radical (unpaired) electrons. The lowest BCUT2D eigenvalue weighted by atomic mass is 10.1. The quantitative estimate of drug-likeness (QED) is 0.645. The molecule has 0 aliphatic rings. The third kappa shape index (κ3) is 5.31. The lowest BCUT2D eigenvalue weighted by molar-refractivity contribution is -0.274. The van der Waals surface area contributed by atoms with Gasteiger partial charge in [0.15, 0.2) is 0 Å². The summed E-state index contributed by atoms with van der Waals surface area (Å²) in [6, 6.07) is 13.1. The molecular formula is C19H12F3N3O3S. The molecule has 10 heteroatoms. The Morgan fingerprint density at radius 2 is 2.00 bits per heavy atom. The standard InChI is InChI=1S/C19H12F3N3O3S/c20-19(21,22)28-14-6-2-4-12(8-14)16(26)18-25-15(10-29-18)17(27)24-13-5-1-3-11(7-13)9-23/h1-8,10,16,26H,(H,24,27). The first-order chi connectivity index (χ1) is 13.7. The summed E-state index contributed by atoms with van der Waals surface area (Å²) in [6.45, 7) is 0. The van der Waals surface area contributed by atoms with Crippen LogP contribution in [0.25, 0.3) is 0 Å². The van der Waals surface area contributed by atoms with Crippen molar-refractivity contribution in [2.45, 2.75) is 12.5 Å². The number of halogens is 3. The van der Waals surface area contributed by atoms with Gasteiger partial charge in [0.1, 0.15) is 22.6 Å². The van der Waals surface area contributed by atoms with Crippen molar-refractivity contribution in [3.05, 3.63) is 75.7 Å². The predicted molar refractivity (Wildman–Crippen MR) is 98.4 cm³/mol. The van der Waals surface area contributed by atoms with Crippen LogP contribution in [0.4, 0.5) is 18.9 Å². The van der Waals surface area contributed by atoms with Crippen LogP contribution in [-0.2, 0) is 0 Å². The average Bonchev–Trinajstić information content (AvgIpc) is 3.17. The van der Waals surface area contributed by atoms with Gasteiger partial charge in [0, 0.05) is 11.1 Å². The van der Waals surface area contributed by atoms with E-state index in [2.05, 4.69) is 15.0 Å². The van der Waals surface area contributed by atoms with Crippen molar-refractivity contribution in [3.63, 3.8) is 0 Å². The van der Waals surface area contributed by atoms with Gasteiger partial charge in [-0.3, -0.25) is 4.79 Å². The molecule has 1 atom stereocenters. The van der Waals surface area contributed by atoms with Gasteiger partial charge in [-0.15, -0.1) is 24.5 Å². The number of alkyl halides is 3. The van der Waals surface area contributed by atoms with Crippen LogP contribution in [0, 0.1) is 11.3 Å². The molecule has 2 N–H and O–H groups in total. The molecule has 0 aliphatic carbocycles. The van der Waals surface area contributed by atoms with Crippen LogP contribution in [-0.4, -0.2) is 22.4 Å². The highest BCUT2D eigenvalue weighted by Crippen LogP contribution is 2.30. The Labute approximate surface area is 166 Å². The van der Waals surface area contributed by atoms with Crippen LogP contribution in [0.2, 0.25) is 0 Å². The summed E-state index contributed by atoms with van der Waals surface area (Å²) in [7, 11) is 0. The SMILES string of the molecule is N#Cc1cccc(NC(=O)c2csc(C(O)c3cccc(OC(F)(F)F)c3)n2)c1. The van der Waals surface area contributed by atoms with E-state index in [1.54, 1.807) is 18.2 Å². The number of hydrogen-bond acceptors (Lipinski definition) is 6. The number of rotatable bonds is 5. The second-order valence-electron chi connectivity index (χ2n) is 5.74. The largest absolute Gasteiger partial charge is 0.573 e. The third-order valence-electron chi connectivity index (χ3n) is 3.65. The number of carbonyl (C=O) groups excluding carboxylic acids is 1. The van der Waals surface area contributed by atoms with Crippen LogP contribution in [0.5, 0.6) is 5.75 Å². The van der Waals surface area contributed by atoms with E-state index in [1.807, 2.05) is 6.07 Å². The van der Waals surface area contributed by atoms with Crippen LogP contribution < -0.4 is 10.1 Å². The summed E-state index contributed by atoms with van der Waals surface area (Å²) in [5.74, 6) is -1.02. The Balaban J connectivity index is 1.74. The van der Waals surface area contributed by atoms with Gasteiger partial charge in [0.25, 0.3) is 5.91 Å². The Morgan fingerprint density at radius 3 is 2.72 bits per heavy atom. The van der Waals surface area contributed by atoms with Crippen molar-refractivity contribution in [1.82, 2.24) is 4.98 Å². The number of carbonyl (C=O) groups is 1. The monoisotopic (exact) mass is 419 g/mol. The summed E-state index contributed by atoms with van der Waals surface area (Å²) in [4.78, 5) is 16.4. The molecule has 29 heavy (non-hydrogen) atoms. The second-order valence-corrected chi connectivity index (χ2v) is 6.63. The van der Waals surface area contributed by atoms with Gasteiger partial charge in [-0.2, -0.15) is 5.26 Å². The lowest BCUT2D eigenvalue weighted by Crippen LogP contribution is -2.17. The van der Waals surface area contributed by atoms with Crippen molar-refractivity contribution in [2.24, 2.45) is 0 Å². The van der Waals surface area contributed by atoms with E-state index in [-0.39, 0.29) is 16.3 Å². The molecule has 0 saturated heterocycles. The predicted octanol–water partition coefficient (Wildman–Crippen LogP) is 4.25. The highest BCUT2D eigenvalue weighted by molar-refractivity contribution is 7.10. The summed E-state index contributed by atoms with van der Waals surface area (Å²) in [5, 5.41) is 23.4. The molecule has 0 spiro atoms. The minimum absolute atomic E-state index is 0.0223. The zero-order chi connectivity index (χ0) is 21.0. The number of hydrogen-bond donors (Lipinski definition) is 2. The van der Waals surface area contributed by atoms with E-state index in [4.69, 9.17) is 5.26 Å². The fourth-order valence-electron chi connectivity index (χ4n) is 2.40. The maximum Gasteiger partial charge on any atom is 0.573 e.